The van der Waals surface area contributed by atoms with E-state index in [1.54, 1.807) is 18.1 Å². The number of carbonyl (C=O) groups excluding carboxylic acids is 2. The van der Waals surface area contributed by atoms with E-state index in [0.29, 0.717) is 5.92 Å². The first-order valence-corrected chi connectivity index (χ1v) is 10.2. The predicted octanol–water partition coefficient (Wildman–Crippen LogP) is 2.61. The van der Waals surface area contributed by atoms with Crippen molar-refractivity contribution in [2.45, 2.75) is 59.0 Å². The molecule has 26 heavy (non-hydrogen) atoms. The number of carbonyl (C=O) groups is 2. The second-order valence-corrected chi connectivity index (χ2v) is 9.13. The molecule has 4 atom stereocenters. The van der Waals surface area contributed by atoms with Gasteiger partial charge in [0.05, 0.1) is 5.92 Å². The Morgan fingerprint density at radius 1 is 1.27 bits per heavy atom. The Morgan fingerprint density at radius 3 is 2.69 bits per heavy atom. The predicted molar refractivity (Wildman–Crippen MR) is 99.4 cm³/mol. The van der Waals surface area contributed by atoms with E-state index in [2.05, 4.69) is 18.7 Å². The molecule has 2 saturated heterocycles. The normalized spacial score (nSPS) is 38.0. The first-order chi connectivity index (χ1) is 12.4. The van der Waals surface area contributed by atoms with Gasteiger partial charge in [-0.15, -0.1) is 0 Å². The molecule has 2 aliphatic carbocycles. The van der Waals surface area contributed by atoms with Gasteiger partial charge < -0.3 is 9.64 Å². The van der Waals surface area contributed by atoms with E-state index in [-0.39, 0.29) is 29.3 Å². The van der Waals surface area contributed by atoms with Crippen LogP contribution in [0.5, 0.6) is 0 Å². The smallest absolute Gasteiger partial charge is 0.310 e. The molecule has 0 spiro atoms. The van der Waals surface area contributed by atoms with Gasteiger partial charge in [0, 0.05) is 45.6 Å². The maximum atomic E-state index is 12.6. The SMILES string of the molecule is CC(=O)N1CCN(CC2C(=O)O[C@@H]3C[C@@]4(C)CCCC(C)=C4C[C@H]23)CC1. The van der Waals surface area contributed by atoms with Crippen molar-refractivity contribution in [1.29, 1.82) is 0 Å². The molecular weight excluding hydrogens is 328 g/mol. The van der Waals surface area contributed by atoms with Crippen LogP contribution < -0.4 is 0 Å². The van der Waals surface area contributed by atoms with Crippen molar-refractivity contribution in [3.05, 3.63) is 11.1 Å². The number of hydrogen-bond donors (Lipinski definition) is 0. The number of fused-ring (bicyclic) bond motifs is 2. The molecule has 1 unspecified atom stereocenters. The largest absolute Gasteiger partial charge is 0.462 e. The summed E-state index contributed by atoms with van der Waals surface area (Å²) >= 11 is 0. The first kappa shape index (κ1) is 18.0. The number of rotatable bonds is 2. The van der Waals surface area contributed by atoms with E-state index >= 15 is 0 Å². The Labute approximate surface area is 156 Å². The van der Waals surface area contributed by atoms with Crippen LogP contribution in [0.2, 0.25) is 0 Å². The van der Waals surface area contributed by atoms with Crippen molar-refractivity contribution in [2.24, 2.45) is 17.3 Å². The summed E-state index contributed by atoms with van der Waals surface area (Å²) in [6, 6.07) is 0. The van der Waals surface area contributed by atoms with E-state index in [0.717, 1.165) is 45.6 Å². The van der Waals surface area contributed by atoms with Gasteiger partial charge in [-0.05, 0) is 44.4 Å². The van der Waals surface area contributed by atoms with Crippen molar-refractivity contribution in [3.63, 3.8) is 0 Å². The lowest BCUT2D eigenvalue weighted by molar-refractivity contribution is -0.146. The first-order valence-electron chi connectivity index (χ1n) is 10.2. The minimum Gasteiger partial charge on any atom is -0.462 e. The third-order valence-corrected chi connectivity index (χ3v) is 7.45. The van der Waals surface area contributed by atoms with Gasteiger partial charge in [-0.3, -0.25) is 14.5 Å². The minimum atomic E-state index is -0.00402. The summed E-state index contributed by atoms with van der Waals surface area (Å²) in [6.45, 7) is 10.4. The zero-order valence-corrected chi connectivity index (χ0v) is 16.4. The fraction of sp³-hybridized carbons (Fsp3) is 0.810. The van der Waals surface area contributed by atoms with Crippen LogP contribution in [0.3, 0.4) is 0 Å². The van der Waals surface area contributed by atoms with Gasteiger partial charge in [0.2, 0.25) is 5.91 Å². The molecule has 2 aliphatic heterocycles. The zero-order valence-electron chi connectivity index (χ0n) is 16.4. The summed E-state index contributed by atoms with van der Waals surface area (Å²) in [7, 11) is 0. The summed E-state index contributed by atoms with van der Waals surface area (Å²) in [5.74, 6) is 0.492. The fourth-order valence-electron chi connectivity index (χ4n) is 5.84. The average molecular weight is 360 g/mol. The molecule has 0 aromatic rings. The van der Waals surface area contributed by atoms with Crippen LogP contribution in [-0.4, -0.2) is 60.5 Å². The standard InChI is InChI=1S/C21H32N2O3/c1-14-5-4-6-21(3)12-19-16(11-18(14)21)17(20(25)26-19)13-22-7-9-23(10-8-22)15(2)24/h16-17,19H,4-13H2,1-3H3/t16-,17?,19-,21-/m1/s1. The van der Waals surface area contributed by atoms with Crippen LogP contribution in [0.25, 0.3) is 0 Å². The molecule has 0 N–H and O–H groups in total. The second kappa shape index (κ2) is 6.66. The zero-order chi connectivity index (χ0) is 18.5. The van der Waals surface area contributed by atoms with Crippen molar-refractivity contribution < 1.29 is 14.3 Å². The van der Waals surface area contributed by atoms with E-state index in [1.165, 1.54) is 19.3 Å². The lowest BCUT2D eigenvalue weighted by Gasteiger charge is -2.46. The Hall–Kier alpha value is -1.36. The topological polar surface area (TPSA) is 49.9 Å². The van der Waals surface area contributed by atoms with E-state index in [1.807, 2.05) is 4.90 Å². The lowest BCUT2D eigenvalue weighted by Crippen LogP contribution is -2.50. The Kier molecular flexibility index (Phi) is 4.62. The van der Waals surface area contributed by atoms with Gasteiger partial charge in [-0.2, -0.15) is 0 Å². The molecule has 1 saturated carbocycles. The van der Waals surface area contributed by atoms with Crippen molar-refractivity contribution in [2.75, 3.05) is 32.7 Å². The molecule has 4 rings (SSSR count). The number of allylic oxidation sites excluding steroid dienone is 2. The molecular formula is C21H32N2O3. The van der Waals surface area contributed by atoms with Crippen molar-refractivity contribution in [1.82, 2.24) is 9.80 Å². The third-order valence-electron chi connectivity index (χ3n) is 7.45. The van der Waals surface area contributed by atoms with E-state index in [9.17, 15) is 9.59 Å². The number of amides is 1. The number of esters is 1. The molecule has 1 amide bonds. The highest BCUT2D eigenvalue weighted by Crippen LogP contribution is 2.55. The second-order valence-electron chi connectivity index (χ2n) is 9.13. The Balaban J connectivity index is 1.45. The third kappa shape index (κ3) is 3.08. The molecule has 5 heteroatoms. The van der Waals surface area contributed by atoms with Gasteiger partial charge in [0.25, 0.3) is 0 Å². The van der Waals surface area contributed by atoms with Gasteiger partial charge in [0.15, 0.2) is 0 Å². The van der Waals surface area contributed by atoms with Crippen molar-refractivity contribution in [3.8, 4) is 0 Å². The maximum absolute atomic E-state index is 12.6. The summed E-state index contributed by atoms with van der Waals surface area (Å²) < 4.78 is 5.88. The van der Waals surface area contributed by atoms with Crippen LogP contribution in [0.1, 0.15) is 52.9 Å². The molecule has 0 aromatic heterocycles. The molecule has 3 fully saturated rings. The molecule has 2 heterocycles. The highest BCUT2D eigenvalue weighted by atomic mass is 16.6. The number of ether oxygens (including phenoxy) is 1. The summed E-state index contributed by atoms with van der Waals surface area (Å²) in [6.07, 6.45) is 5.86. The van der Waals surface area contributed by atoms with Crippen LogP contribution in [0, 0.1) is 17.3 Å². The molecule has 0 aromatic carbocycles. The van der Waals surface area contributed by atoms with Crippen LogP contribution in [0.4, 0.5) is 0 Å². The summed E-state index contributed by atoms with van der Waals surface area (Å²) in [5, 5.41) is 0. The Morgan fingerprint density at radius 2 is 2.00 bits per heavy atom. The fourth-order valence-corrected chi connectivity index (χ4v) is 5.84. The summed E-state index contributed by atoms with van der Waals surface area (Å²) in [5.41, 5.74) is 3.42. The highest BCUT2D eigenvalue weighted by molar-refractivity contribution is 5.76. The van der Waals surface area contributed by atoms with Gasteiger partial charge in [-0.1, -0.05) is 18.1 Å². The Bertz CT molecular complexity index is 635. The molecule has 4 aliphatic rings. The maximum Gasteiger partial charge on any atom is 0.310 e. The lowest BCUT2D eigenvalue weighted by atomic mass is 9.59. The number of hydrogen-bond acceptors (Lipinski definition) is 4. The quantitative estimate of drug-likeness (QED) is 0.561. The van der Waals surface area contributed by atoms with Gasteiger partial charge in [0.1, 0.15) is 6.10 Å². The molecule has 0 bridgehead atoms. The molecule has 144 valence electrons. The molecule has 5 nitrogen and oxygen atoms in total. The summed E-state index contributed by atoms with van der Waals surface area (Å²) in [4.78, 5) is 28.4. The van der Waals surface area contributed by atoms with Gasteiger partial charge >= 0.3 is 5.97 Å². The minimum absolute atomic E-state index is 0.00402. The monoisotopic (exact) mass is 360 g/mol. The number of nitrogens with zero attached hydrogens (tertiary/aromatic N) is 2. The van der Waals surface area contributed by atoms with E-state index < -0.39 is 0 Å². The van der Waals surface area contributed by atoms with Gasteiger partial charge in [-0.25, -0.2) is 0 Å². The van der Waals surface area contributed by atoms with Crippen molar-refractivity contribution >= 4 is 11.9 Å². The van der Waals surface area contributed by atoms with Crippen LogP contribution in [0.15, 0.2) is 11.1 Å². The van der Waals surface area contributed by atoms with E-state index in [4.69, 9.17) is 4.74 Å². The average Bonchev–Trinajstić information content (AvgIpc) is 2.88. The van der Waals surface area contributed by atoms with Crippen LogP contribution in [-0.2, 0) is 14.3 Å². The number of piperazine rings is 1. The molecule has 0 radical (unpaired) electrons. The van der Waals surface area contributed by atoms with Crippen LogP contribution >= 0.6 is 0 Å². The highest BCUT2D eigenvalue weighted by Gasteiger charge is 2.53.